The molecule has 118 valence electrons. The summed E-state index contributed by atoms with van der Waals surface area (Å²) >= 11 is 1.91. The second-order valence-corrected chi connectivity index (χ2v) is 5.94. The van der Waals surface area contributed by atoms with Gasteiger partial charge >= 0.3 is 0 Å². The zero-order valence-corrected chi connectivity index (χ0v) is 13.9. The molecular weight excluding hydrogens is 308 g/mol. The average Bonchev–Trinajstić information content (AvgIpc) is 2.47. The Hall–Kier alpha value is -0.910. The second-order valence-electron chi connectivity index (χ2n) is 4.79. The Labute approximate surface area is 136 Å². The SMILES string of the molecule is CCOc1cccc(CNC(=O)CC2CSCCN2)c1.Cl. The number of rotatable bonds is 6. The fourth-order valence-corrected chi connectivity index (χ4v) is 3.11. The van der Waals surface area contributed by atoms with Crippen LogP contribution in [0.2, 0.25) is 0 Å². The third-order valence-corrected chi connectivity index (χ3v) is 4.26. The monoisotopic (exact) mass is 330 g/mol. The van der Waals surface area contributed by atoms with Crippen LogP contribution in [-0.2, 0) is 11.3 Å². The van der Waals surface area contributed by atoms with Crippen LogP contribution in [0.5, 0.6) is 5.75 Å². The number of benzene rings is 1. The van der Waals surface area contributed by atoms with Gasteiger partial charge in [-0.2, -0.15) is 11.8 Å². The van der Waals surface area contributed by atoms with Crippen molar-refractivity contribution in [2.24, 2.45) is 0 Å². The molecule has 0 aliphatic carbocycles. The first-order valence-corrected chi connectivity index (χ1v) is 8.23. The summed E-state index contributed by atoms with van der Waals surface area (Å²) in [6.45, 7) is 4.17. The molecule has 1 aromatic rings. The lowest BCUT2D eigenvalue weighted by Gasteiger charge is -2.22. The molecular formula is C15H23ClN2O2S. The minimum atomic E-state index is 0. The highest BCUT2D eigenvalue weighted by atomic mass is 35.5. The smallest absolute Gasteiger partial charge is 0.221 e. The molecule has 0 aromatic heterocycles. The fraction of sp³-hybridized carbons (Fsp3) is 0.533. The first kappa shape index (κ1) is 18.1. The number of ether oxygens (including phenoxy) is 1. The van der Waals surface area contributed by atoms with Gasteiger partial charge in [0.1, 0.15) is 5.75 Å². The number of halogens is 1. The van der Waals surface area contributed by atoms with E-state index in [0.29, 0.717) is 25.6 Å². The molecule has 0 spiro atoms. The van der Waals surface area contributed by atoms with Crippen molar-refractivity contribution >= 4 is 30.1 Å². The predicted octanol–water partition coefficient (Wildman–Crippen LogP) is 2.22. The Morgan fingerprint density at radius 2 is 2.38 bits per heavy atom. The van der Waals surface area contributed by atoms with Crippen molar-refractivity contribution in [3.8, 4) is 5.75 Å². The van der Waals surface area contributed by atoms with Crippen molar-refractivity contribution in [1.82, 2.24) is 10.6 Å². The van der Waals surface area contributed by atoms with E-state index in [0.717, 1.165) is 29.4 Å². The van der Waals surface area contributed by atoms with Crippen LogP contribution in [0, 0.1) is 0 Å². The van der Waals surface area contributed by atoms with Crippen molar-refractivity contribution in [3.05, 3.63) is 29.8 Å². The zero-order chi connectivity index (χ0) is 14.2. The minimum absolute atomic E-state index is 0. The Kier molecular flexibility index (Phi) is 8.57. The van der Waals surface area contributed by atoms with E-state index in [1.165, 1.54) is 0 Å². The highest BCUT2D eigenvalue weighted by Gasteiger charge is 2.16. The molecule has 2 rings (SSSR count). The van der Waals surface area contributed by atoms with Gasteiger partial charge in [-0.25, -0.2) is 0 Å². The second kappa shape index (κ2) is 9.92. The number of carbonyl (C=O) groups excluding carboxylic acids is 1. The highest BCUT2D eigenvalue weighted by Crippen LogP contribution is 2.13. The lowest BCUT2D eigenvalue weighted by Crippen LogP contribution is -2.41. The molecule has 1 heterocycles. The average molecular weight is 331 g/mol. The predicted molar refractivity (Wildman–Crippen MR) is 90.4 cm³/mol. The summed E-state index contributed by atoms with van der Waals surface area (Å²) in [7, 11) is 0. The van der Waals surface area contributed by atoms with Crippen molar-refractivity contribution in [2.75, 3.05) is 24.7 Å². The topological polar surface area (TPSA) is 50.4 Å². The number of amides is 1. The molecule has 1 saturated heterocycles. The van der Waals surface area contributed by atoms with E-state index in [1.807, 2.05) is 43.0 Å². The molecule has 1 fully saturated rings. The normalized spacial score (nSPS) is 17.7. The highest BCUT2D eigenvalue weighted by molar-refractivity contribution is 7.99. The number of hydrogen-bond donors (Lipinski definition) is 2. The maximum atomic E-state index is 11.9. The molecule has 4 nitrogen and oxygen atoms in total. The van der Waals surface area contributed by atoms with Crippen LogP contribution in [0.3, 0.4) is 0 Å². The molecule has 0 saturated carbocycles. The largest absolute Gasteiger partial charge is 0.494 e. The van der Waals surface area contributed by atoms with Gasteiger partial charge in [0.25, 0.3) is 0 Å². The summed E-state index contributed by atoms with van der Waals surface area (Å²) in [5.41, 5.74) is 1.07. The molecule has 1 atom stereocenters. The van der Waals surface area contributed by atoms with E-state index in [9.17, 15) is 4.79 Å². The van der Waals surface area contributed by atoms with Crippen LogP contribution < -0.4 is 15.4 Å². The van der Waals surface area contributed by atoms with Gasteiger partial charge < -0.3 is 15.4 Å². The zero-order valence-electron chi connectivity index (χ0n) is 12.3. The van der Waals surface area contributed by atoms with Gasteiger partial charge in [-0.1, -0.05) is 12.1 Å². The molecule has 2 N–H and O–H groups in total. The van der Waals surface area contributed by atoms with Crippen LogP contribution in [0.25, 0.3) is 0 Å². The van der Waals surface area contributed by atoms with Crippen LogP contribution in [0.1, 0.15) is 18.9 Å². The van der Waals surface area contributed by atoms with E-state index in [2.05, 4.69) is 10.6 Å². The summed E-state index contributed by atoms with van der Waals surface area (Å²) < 4.78 is 5.45. The number of nitrogens with one attached hydrogen (secondary N) is 2. The maximum Gasteiger partial charge on any atom is 0.221 e. The third kappa shape index (κ3) is 6.59. The summed E-state index contributed by atoms with van der Waals surface area (Å²) in [6, 6.07) is 8.16. The molecule has 1 amide bonds. The summed E-state index contributed by atoms with van der Waals surface area (Å²) in [6.07, 6.45) is 0.554. The number of thioether (sulfide) groups is 1. The quantitative estimate of drug-likeness (QED) is 0.839. The Morgan fingerprint density at radius 3 is 3.10 bits per heavy atom. The standard InChI is InChI=1S/C15H22N2O2S.ClH/c1-2-19-14-5-3-4-12(8-14)10-17-15(18)9-13-11-20-7-6-16-13;/h3-5,8,13,16H,2,6-7,9-11H2,1H3,(H,17,18);1H. The summed E-state index contributed by atoms with van der Waals surface area (Å²) in [5, 5.41) is 6.34. The molecule has 1 aliphatic rings. The molecule has 6 heteroatoms. The van der Waals surface area contributed by atoms with Crippen molar-refractivity contribution in [2.45, 2.75) is 25.9 Å². The van der Waals surface area contributed by atoms with Gasteiger partial charge in [-0.3, -0.25) is 4.79 Å². The van der Waals surface area contributed by atoms with Gasteiger partial charge in [0.2, 0.25) is 5.91 Å². The van der Waals surface area contributed by atoms with Crippen LogP contribution in [-0.4, -0.2) is 36.6 Å². The molecule has 0 radical (unpaired) electrons. The molecule has 1 aromatic carbocycles. The molecule has 0 bridgehead atoms. The van der Waals surface area contributed by atoms with Crippen LogP contribution in [0.15, 0.2) is 24.3 Å². The lowest BCUT2D eigenvalue weighted by molar-refractivity contribution is -0.121. The first-order valence-electron chi connectivity index (χ1n) is 7.07. The van der Waals surface area contributed by atoms with Crippen LogP contribution in [0.4, 0.5) is 0 Å². The Bertz CT molecular complexity index is 439. The van der Waals surface area contributed by atoms with E-state index in [1.54, 1.807) is 0 Å². The Balaban J connectivity index is 0.00000220. The number of carbonyl (C=O) groups is 1. The van der Waals surface area contributed by atoms with E-state index in [4.69, 9.17) is 4.74 Å². The number of hydrogen-bond acceptors (Lipinski definition) is 4. The minimum Gasteiger partial charge on any atom is -0.494 e. The maximum absolute atomic E-state index is 11.9. The van der Waals surface area contributed by atoms with Gasteiger partial charge in [-0.15, -0.1) is 12.4 Å². The molecule has 1 aliphatic heterocycles. The van der Waals surface area contributed by atoms with Gasteiger partial charge in [0.05, 0.1) is 6.61 Å². The first-order chi connectivity index (χ1) is 9.78. The van der Waals surface area contributed by atoms with Crippen molar-refractivity contribution in [1.29, 1.82) is 0 Å². The van der Waals surface area contributed by atoms with Gasteiger partial charge in [0, 0.05) is 37.1 Å². The van der Waals surface area contributed by atoms with Gasteiger partial charge in [-0.05, 0) is 24.6 Å². The van der Waals surface area contributed by atoms with Crippen molar-refractivity contribution < 1.29 is 9.53 Å². The summed E-state index contributed by atoms with van der Waals surface area (Å²) in [4.78, 5) is 11.9. The third-order valence-electron chi connectivity index (χ3n) is 3.13. The fourth-order valence-electron chi connectivity index (χ4n) is 2.16. The van der Waals surface area contributed by atoms with Crippen LogP contribution >= 0.6 is 24.2 Å². The van der Waals surface area contributed by atoms with E-state index in [-0.39, 0.29) is 18.3 Å². The van der Waals surface area contributed by atoms with Gasteiger partial charge in [0.15, 0.2) is 0 Å². The summed E-state index contributed by atoms with van der Waals surface area (Å²) in [5.74, 6) is 3.12. The lowest BCUT2D eigenvalue weighted by atomic mass is 10.2. The van der Waals surface area contributed by atoms with E-state index < -0.39 is 0 Å². The molecule has 21 heavy (non-hydrogen) atoms. The Morgan fingerprint density at radius 1 is 1.52 bits per heavy atom. The molecule has 1 unspecified atom stereocenters. The van der Waals surface area contributed by atoms with Crippen molar-refractivity contribution in [3.63, 3.8) is 0 Å². The van der Waals surface area contributed by atoms with E-state index >= 15 is 0 Å².